The third-order valence-corrected chi connectivity index (χ3v) is 3.41. The van der Waals surface area contributed by atoms with Gasteiger partial charge in [-0.2, -0.15) is 0 Å². The van der Waals surface area contributed by atoms with E-state index in [1.165, 1.54) is 36.4 Å². The molecule has 0 aliphatic heterocycles. The van der Waals surface area contributed by atoms with Crippen LogP contribution in [0.2, 0.25) is 0 Å². The molecule has 0 aromatic heterocycles. The molecule has 0 atom stereocenters. The van der Waals surface area contributed by atoms with Crippen LogP contribution in [-0.2, 0) is 4.74 Å². The molecule has 0 spiro atoms. The maximum absolute atomic E-state index is 11.9. The predicted molar refractivity (Wildman–Crippen MR) is 83.5 cm³/mol. The highest BCUT2D eigenvalue weighted by Gasteiger charge is 2.16. The van der Waals surface area contributed by atoms with Crippen molar-refractivity contribution < 1.29 is 24.4 Å². The van der Waals surface area contributed by atoms with E-state index in [0.29, 0.717) is 4.47 Å². The number of nitro benzene ring substituents is 1. The summed E-state index contributed by atoms with van der Waals surface area (Å²) in [7, 11) is 0. The van der Waals surface area contributed by atoms with Gasteiger partial charge in [-0.15, -0.1) is 0 Å². The van der Waals surface area contributed by atoms with E-state index < -0.39 is 23.3 Å². The van der Waals surface area contributed by atoms with Crippen molar-refractivity contribution >= 4 is 33.4 Å². The number of nitro groups is 1. The van der Waals surface area contributed by atoms with Gasteiger partial charge in [0.1, 0.15) is 11.3 Å². The minimum absolute atomic E-state index is 0.0733. The van der Waals surface area contributed by atoms with Gasteiger partial charge in [-0.05, 0) is 30.3 Å². The van der Waals surface area contributed by atoms with Gasteiger partial charge in [0.15, 0.2) is 12.4 Å². The second-order valence-electron chi connectivity index (χ2n) is 4.46. The van der Waals surface area contributed by atoms with E-state index in [4.69, 9.17) is 4.74 Å². The average Bonchev–Trinajstić information content (AvgIpc) is 2.54. The number of hydrogen-bond donors (Lipinski definition) is 1. The van der Waals surface area contributed by atoms with Gasteiger partial charge in [-0.1, -0.05) is 15.9 Å². The topological polar surface area (TPSA) is 107 Å². The first kappa shape index (κ1) is 16.6. The highest BCUT2D eigenvalue weighted by atomic mass is 79.9. The molecular formula is C15H10BrNO6. The fraction of sp³-hybridized carbons (Fsp3) is 0.0667. The Morgan fingerprint density at radius 3 is 2.43 bits per heavy atom. The Balaban J connectivity index is 2.02. The van der Waals surface area contributed by atoms with Crippen LogP contribution in [0, 0.1) is 10.1 Å². The molecule has 0 saturated carbocycles. The number of benzene rings is 2. The second kappa shape index (κ2) is 7.01. The molecule has 0 unspecified atom stereocenters. The van der Waals surface area contributed by atoms with Crippen molar-refractivity contribution in [1.82, 2.24) is 0 Å². The van der Waals surface area contributed by atoms with Gasteiger partial charge in [-0.25, -0.2) is 4.79 Å². The number of hydrogen-bond acceptors (Lipinski definition) is 6. The molecule has 0 aliphatic rings. The standard InChI is InChI=1S/C15H10BrNO6/c16-10-3-6-13(18)12(7-10)15(20)23-8-14(19)9-1-4-11(5-2-9)17(21)22/h1-7,18H,8H2. The number of ether oxygens (including phenoxy) is 1. The first-order valence-electron chi connectivity index (χ1n) is 6.32. The molecule has 118 valence electrons. The molecule has 0 heterocycles. The summed E-state index contributed by atoms with van der Waals surface area (Å²) in [6.45, 7) is -0.539. The van der Waals surface area contributed by atoms with E-state index in [0.717, 1.165) is 0 Å². The molecule has 0 fully saturated rings. The molecule has 0 bridgehead atoms. The molecule has 0 saturated heterocycles. The Kier molecular flexibility index (Phi) is 5.07. The number of carbonyl (C=O) groups excluding carboxylic acids is 2. The van der Waals surface area contributed by atoms with Crippen LogP contribution in [0.15, 0.2) is 46.9 Å². The number of carbonyl (C=O) groups is 2. The van der Waals surface area contributed by atoms with Crippen molar-refractivity contribution in [3.8, 4) is 5.75 Å². The Hall–Kier alpha value is -2.74. The summed E-state index contributed by atoms with van der Waals surface area (Å²) in [6, 6.07) is 9.18. The number of ketones is 1. The summed E-state index contributed by atoms with van der Waals surface area (Å²) in [5, 5.41) is 20.1. The Labute approximate surface area is 138 Å². The lowest BCUT2D eigenvalue weighted by atomic mass is 10.1. The van der Waals surface area contributed by atoms with Crippen LogP contribution in [0.1, 0.15) is 20.7 Å². The van der Waals surface area contributed by atoms with E-state index in [1.54, 1.807) is 6.07 Å². The molecule has 0 aliphatic carbocycles. The van der Waals surface area contributed by atoms with Gasteiger partial charge in [0.2, 0.25) is 0 Å². The normalized spacial score (nSPS) is 10.1. The summed E-state index contributed by atoms with van der Waals surface area (Å²) in [4.78, 5) is 33.7. The highest BCUT2D eigenvalue weighted by molar-refractivity contribution is 9.10. The van der Waals surface area contributed by atoms with Crippen molar-refractivity contribution in [2.75, 3.05) is 6.61 Å². The number of phenols is 1. The molecule has 2 rings (SSSR count). The zero-order valence-corrected chi connectivity index (χ0v) is 13.1. The molecule has 2 aromatic carbocycles. The highest BCUT2D eigenvalue weighted by Crippen LogP contribution is 2.22. The van der Waals surface area contributed by atoms with Crippen LogP contribution in [0.4, 0.5) is 5.69 Å². The fourth-order valence-electron chi connectivity index (χ4n) is 1.73. The van der Waals surface area contributed by atoms with Crippen molar-refractivity contribution in [3.05, 3.63) is 68.2 Å². The first-order valence-corrected chi connectivity index (χ1v) is 7.11. The molecule has 0 amide bonds. The maximum atomic E-state index is 11.9. The largest absolute Gasteiger partial charge is 0.507 e. The fourth-order valence-corrected chi connectivity index (χ4v) is 2.09. The van der Waals surface area contributed by atoms with E-state index in [2.05, 4.69) is 15.9 Å². The molecule has 2 aromatic rings. The zero-order chi connectivity index (χ0) is 17.0. The van der Waals surface area contributed by atoms with Crippen LogP contribution in [0.3, 0.4) is 0 Å². The average molecular weight is 380 g/mol. The second-order valence-corrected chi connectivity index (χ2v) is 5.38. The van der Waals surface area contributed by atoms with E-state index in [1.807, 2.05) is 0 Å². The maximum Gasteiger partial charge on any atom is 0.342 e. The van der Waals surface area contributed by atoms with Gasteiger partial charge in [0, 0.05) is 22.2 Å². The van der Waals surface area contributed by atoms with Gasteiger partial charge in [0.25, 0.3) is 5.69 Å². The lowest BCUT2D eigenvalue weighted by molar-refractivity contribution is -0.384. The van der Waals surface area contributed by atoms with Gasteiger partial charge in [0.05, 0.1) is 4.92 Å². The summed E-state index contributed by atoms with van der Waals surface area (Å²) in [5.74, 6) is -1.62. The predicted octanol–water partition coefficient (Wildman–Crippen LogP) is 3.10. The van der Waals surface area contributed by atoms with Crippen LogP contribution in [0.5, 0.6) is 5.75 Å². The summed E-state index contributed by atoms with van der Waals surface area (Å²) < 4.78 is 5.43. The molecule has 0 radical (unpaired) electrons. The molecule has 1 N–H and O–H groups in total. The number of halogens is 1. The number of aromatic hydroxyl groups is 1. The zero-order valence-electron chi connectivity index (χ0n) is 11.6. The Bertz CT molecular complexity index is 772. The van der Waals surface area contributed by atoms with Crippen LogP contribution in [-0.4, -0.2) is 28.4 Å². The summed E-state index contributed by atoms with van der Waals surface area (Å²) >= 11 is 3.16. The lowest BCUT2D eigenvalue weighted by Crippen LogP contribution is -2.14. The van der Waals surface area contributed by atoms with Crippen LogP contribution in [0.25, 0.3) is 0 Å². The third-order valence-electron chi connectivity index (χ3n) is 2.91. The number of rotatable bonds is 5. The molecule has 7 nitrogen and oxygen atoms in total. The van der Waals surface area contributed by atoms with Gasteiger partial charge < -0.3 is 9.84 Å². The Morgan fingerprint density at radius 1 is 1.17 bits per heavy atom. The molecule has 8 heteroatoms. The first-order chi connectivity index (χ1) is 10.9. The van der Waals surface area contributed by atoms with E-state index in [9.17, 15) is 24.8 Å². The van der Waals surface area contributed by atoms with E-state index in [-0.39, 0.29) is 22.6 Å². The van der Waals surface area contributed by atoms with E-state index >= 15 is 0 Å². The van der Waals surface area contributed by atoms with Crippen molar-refractivity contribution in [3.63, 3.8) is 0 Å². The van der Waals surface area contributed by atoms with Gasteiger partial charge in [-0.3, -0.25) is 14.9 Å². The SMILES string of the molecule is O=C(COC(=O)c1cc(Br)ccc1O)c1ccc([N+](=O)[O-])cc1. The van der Waals surface area contributed by atoms with Gasteiger partial charge >= 0.3 is 5.97 Å². The monoisotopic (exact) mass is 379 g/mol. The number of non-ortho nitro benzene ring substituents is 1. The minimum Gasteiger partial charge on any atom is -0.507 e. The Morgan fingerprint density at radius 2 is 1.83 bits per heavy atom. The molecule has 23 heavy (non-hydrogen) atoms. The lowest BCUT2D eigenvalue weighted by Gasteiger charge is -2.06. The summed E-state index contributed by atoms with van der Waals surface area (Å²) in [6.07, 6.45) is 0. The van der Waals surface area contributed by atoms with Crippen molar-refractivity contribution in [1.29, 1.82) is 0 Å². The number of nitrogens with zero attached hydrogens (tertiary/aromatic N) is 1. The van der Waals surface area contributed by atoms with Crippen molar-refractivity contribution in [2.45, 2.75) is 0 Å². The quantitative estimate of drug-likeness (QED) is 0.370. The van der Waals surface area contributed by atoms with Crippen LogP contribution >= 0.6 is 15.9 Å². The third kappa shape index (κ3) is 4.13. The summed E-state index contributed by atoms with van der Waals surface area (Å²) in [5.41, 5.74) is -0.0321. The smallest absolute Gasteiger partial charge is 0.342 e. The number of esters is 1. The number of phenolic OH excluding ortho intramolecular Hbond substituents is 1. The number of Topliss-reactive ketones (excluding diaryl/α,β-unsaturated/α-hetero) is 1. The van der Waals surface area contributed by atoms with Crippen molar-refractivity contribution in [2.24, 2.45) is 0 Å². The molecular weight excluding hydrogens is 370 g/mol. The van der Waals surface area contributed by atoms with Crippen LogP contribution < -0.4 is 0 Å². The minimum atomic E-state index is -0.848.